The Kier molecular flexibility index (Phi) is 7.42. The first-order chi connectivity index (χ1) is 11.2. The van der Waals surface area contributed by atoms with E-state index < -0.39 is 17.9 Å². The normalized spacial score (nSPS) is 11.8. The molecular formula is C18H26N2O4. The van der Waals surface area contributed by atoms with Crippen LogP contribution in [0.4, 0.5) is 0 Å². The van der Waals surface area contributed by atoms with Crippen LogP contribution in [0, 0.1) is 19.8 Å². The van der Waals surface area contributed by atoms with Crippen molar-refractivity contribution in [2.45, 2.75) is 40.2 Å². The Hall–Kier alpha value is -2.37. The third-order valence-electron chi connectivity index (χ3n) is 3.71. The molecule has 0 saturated carbocycles. The van der Waals surface area contributed by atoms with Crippen molar-refractivity contribution >= 4 is 17.8 Å². The van der Waals surface area contributed by atoms with Gasteiger partial charge in [0.2, 0.25) is 5.91 Å². The molecule has 1 aromatic carbocycles. The van der Waals surface area contributed by atoms with Gasteiger partial charge in [0.25, 0.3) is 5.91 Å². The SMILES string of the molecule is COC(=O)[C@H](CC(C)C)NC(=O)CNC(=O)c1ccc(C)c(C)c1. The van der Waals surface area contributed by atoms with Crippen LogP contribution >= 0.6 is 0 Å². The summed E-state index contributed by atoms with van der Waals surface area (Å²) in [5.41, 5.74) is 2.60. The third-order valence-corrected chi connectivity index (χ3v) is 3.71. The zero-order valence-corrected chi connectivity index (χ0v) is 14.9. The Morgan fingerprint density at radius 3 is 2.33 bits per heavy atom. The fourth-order valence-corrected chi connectivity index (χ4v) is 2.22. The lowest BCUT2D eigenvalue weighted by atomic mass is 10.0. The zero-order chi connectivity index (χ0) is 18.3. The summed E-state index contributed by atoms with van der Waals surface area (Å²) in [5, 5.41) is 5.16. The molecular weight excluding hydrogens is 308 g/mol. The van der Waals surface area contributed by atoms with Crippen LogP contribution < -0.4 is 10.6 Å². The van der Waals surface area contributed by atoms with E-state index in [-0.39, 0.29) is 18.4 Å². The van der Waals surface area contributed by atoms with Crippen LogP contribution in [0.2, 0.25) is 0 Å². The molecule has 1 aromatic rings. The van der Waals surface area contributed by atoms with E-state index in [1.807, 2.05) is 33.8 Å². The average Bonchev–Trinajstić information content (AvgIpc) is 2.53. The molecule has 1 rings (SSSR count). The van der Waals surface area contributed by atoms with E-state index in [1.54, 1.807) is 12.1 Å². The van der Waals surface area contributed by atoms with Gasteiger partial charge in [0, 0.05) is 5.56 Å². The van der Waals surface area contributed by atoms with Crippen molar-refractivity contribution in [1.29, 1.82) is 0 Å². The first-order valence-electron chi connectivity index (χ1n) is 7.97. The van der Waals surface area contributed by atoms with Gasteiger partial charge < -0.3 is 15.4 Å². The number of hydrogen-bond donors (Lipinski definition) is 2. The minimum absolute atomic E-state index is 0.197. The van der Waals surface area contributed by atoms with Gasteiger partial charge in [-0.25, -0.2) is 4.79 Å². The van der Waals surface area contributed by atoms with Crippen molar-refractivity contribution in [2.24, 2.45) is 5.92 Å². The Balaban J connectivity index is 2.58. The van der Waals surface area contributed by atoms with E-state index in [1.165, 1.54) is 7.11 Å². The van der Waals surface area contributed by atoms with E-state index in [2.05, 4.69) is 10.6 Å². The number of esters is 1. The van der Waals surface area contributed by atoms with E-state index in [4.69, 9.17) is 4.74 Å². The van der Waals surface area contributed by atoms with Crippen LogP contribution in [0.25, 0.3) is 0 Å². The van der Waals surface area contributed by atoms with Gasteiger partial charge in [-0.2, -0.15) is 0 Å². The van der Waals surface area contributed by atoms with Crippen molar-refractivity contribution in [2.75, 3.05) is 13.7 Å². The maximum absolute atomic E-state index is 12.1. The topological polar surface area (TPSA) is 84.5 Å². The zero-order valence-electron chi connectivity index (χ0n) is 14.9. The molecule has 6 nitrogen and oxygen atoms in total. The van der Waals surface area contributed by atoms with E-state index in [9.17, 15) is 14.4 Å². The minimum Gasteiger partial charge on any atom is -0.467 e. The average molecular weight is 334 g/mol. The number of rotatable bonds is 7. The van der Waals surface area contributed by atoms with Crippen molar-refractivity contribution in [1.82, 2.24) is 10.6 Å². The quantitative estimate of drug-likeness (QED) is 0.744. The molecule has 6 heteroatoms. The maximum atomic E-state index is 12.1. The Labute approximate surface area is 143 Å². The van der Waals surface area contributed by atoms with E-state index in [0.717, 1.165) is 11.1 Å². The summed E-state index contributed by atoms with van der Waals surface area (Å²) in [6.45, 7) is 7.59. The molecule has 24 heavy (non-hydrogen) atoms. The summed E-state index contributed by atoms with van der Waals surface area (Å²) in [5.74, 6) is -1.02. The molecule has 0 aromatic heterocycles. The van der Waals surface area contributed by atoms with Gasteiger partial charge in [-0.15, -0.1) is 0 Å². The molecule has 0 bridgehead atoms. The van der Waals surface area contributed by atoms with Crippen LogP contribution in [0.1, 0.15) is 41.8 Å². The minimum atomic E-state index is -0.707. The van der Waals surface area contributed by atoms with Crippen LogP contribution in [0.5, 0.6) is 0 Å². The number of carbonyl (C=O) groups excluding carboxylic acids is 3. The summed E-state index contributed by atoms with van der Waals surface area (Å²) in [7, 11) is 1.28. The lowest BCUT2D eigenvalue weighted by Crippen LogP contribution is -2.46. The number of nitrogens with one attached hydrogen (secondary N) is 2. The molecule has 0 heterocycles. The molecule has 132 valence electrons. The lowest BCUT2D eigenvalue weighted by molar-refractivity contribution is -0.145. The molecule has 0 saturated heterocycles. The largest absolute Gasteiger partial charge is 0.467 e. The molecule has 0 radical (unpaired) electrons. The molecule has 1 atom stereocenters. The Morgan fingerprint density at radius 1 is 1.12 bits per heavy atom. The van der Waals surface area contributed by atoms with Crippen LogP contribution in [0.3, 0.4) is 0 Å². The molecule has 0 spiro atoms. The summed E-state index contributed by atoms with van der Waals surface area (Å²) in [6, 6.07) is 4.64. The Morgan fingerprint density at radius 2 is 1.79 bits per heavy atom. The number of ether oxygens (including phenoxy) is 1. The number of aryl methyl sites for hydroxylation is 2. The highest BCUT2D eigenvalue weighted by molar-refractivity contribution is 5.97. The summed E-state index contributed by atoms with van der Waals surface area (Å²) < 4.78 is 4.69. The summed E-state index contributed by atoms with van der Waals surface area (Å²) in [6.07, 6.45) is 0.476. The molecule has 0 aliphatic heterocycles. The lowest BCUT2D eigenvalue weighted by Gasteiger charge is -2.18. The van der Waals surface area contributed by atoms with Crippen molar-refractivity contribution in [3.05, 3.63) is 34.9 Å². The molecule has 0 aliphatic carbocycles. The van der Waals surface area contributed by atoms with E-state index in [0.29, 0.717) is 12.0 Å². The highest BCUT2D eigenvalue weighted by Gasteiger charge is 2.22. The smallest absolute Gasteiger partial charge is 0.328 e. The summed E-state index contributed by atoms with van der Waals surface area (Å²) in [4.78, 5) is 35.7. The van der Waals surface area contributed by atoms with Crippen molar-refractivity contribution in [3.8, 4) is 0 Å². The fraction of sp³-hybridized carbons (Fsp3) is 0.500. The van der Waals surface area contributed by atoms with Crippen molar-refractivity contribution in [3.63, 3.8) is 0 Å². The van der Waals surface area contributed by atoms with Gasteiger partial charge in [0.15, 0.2) is 0 Å². The van der Waals surface area contributed by atoms with Gasteiger partial charge in [0.1, 0.15) is 6.04 Å². The number of amides is 2. The predicted molar refractivity (Wildman–Crippen MR) is 91.7 cm³/mol. The first-order valence-corrected chi connectivity index (χ1v) is 7.97. The maximum Gasteiger partial charge on any atom is 0.328 e. The van der Waals surface area contributed by atoms with Gasteiger partial charge in [-0.1, -0.05) is 19.9 Å². The molecule has 0 aliphatic rings. The number of methoxy groups -OCH3 is 1. The highest BCUT2D eigenvalue weighted by Crippen LogP contribution is 2.09. The van der Waals surface area contributed by atoms with Crippen LogP contribution in [-0.4, -0.2) is 37.5 Å². The second-order valence-corrected chi connectivity index (χ2v) is 6.25. The number of benzene rings is 1. The third kappa shape index (κ3) is 6.02. The Bertz CT molecular complexity index is 611. The van der Waals surface area contributed by atoms with Crippen LogP contribution in [0.15, 0.2) is 18.2 Å². The van der Waals surface area contributed by atoms with E-state index >= 15 is 0 Å². The van der Waals surface area contributed by atoms with Gasteiger partial charge in [-0.05, 0) is 49.4 Å². The standard InChI is InChI=1S/C18H26N2O4/c1-11(2)8-15(18(23)24-5)20-16(21)10-19-17(22)14-7-6-12(3)13(4)9-14/h6-7,9,11,15H,8,10H2,1-5H3,(H,19,22)(H,20,21)/t15-/m0/s1. The second kappa shape index (κ2) is 9.05. The second-order valence-electron chi connectivity index (χ2n) is 6.25. The van der Waals surface area contributed by atoms with Gasteiger partial charge >= 0.3 is 5.97 Å². The van der Waals surface area contributed by atoms with Gasteiger partial charge in [-0.3, -0.25) is 9.59 Å². The molecule has 2 amide bonds. The van der Waals surface area contributed by atoms with Crippen LogP contribution in [-0.2, 0) is 14.3 Å². The number of carbonyl (C=O) groups is 3. The summed E-state index contributed by atoms with van der Waals surface area (Å²) >= 11 is 0. The monoisotopic (exact) mass is 334 g/mol. The predicted octanol–water partition coefficient (Wildman–Crippen LogP) is 1.74. The first kappa shape index (κ1) is 19.7. The molecule has 2 N–H and O–H groups in total. The molecule has 0 fully saturated rings. The molecule has 0 unspecified atom stereocenters. The fourth-order valence-electron chi connectivity index (χ4n) is 2.22. The number of hydrogen-bond acceptors (Lipinski definition) is 4. The van der Waals surface area contributed by atoms with Crippen molar-refractivity contribution < 1.29 is 19.1 Å². The highest BCUT2D eigenvalue weighted by atomic mass is 16.5. The van der Waals surface area contributed by atoms with Gasteiger partial charge in [0.05, 0.1) is 13.7 Å².